The van der Waals surface area contributed by atoms with Gasteiger partial charge in [0.2, 0.25) is 0 Å². The number of benzene rings is 2. The summed E-state index contributed by atoms with van der Waals surface area (Å²) in [6.07, 6.45) is 2.90. The Morgan fingerprint density at radius 2 is 1.76 bits per heavy atom. The molecule has 0 saturated carbocycles. The average molecular weight is 280 g/mol. The molecular weight excluding hydrogens is 260 g/mol. The van der Waals surface area contributed by atoms with Crippen molar-refractivity contribution < 1.29 is 0 Å². The summed E-state index contributed by atoms with van der Waals surface area (Å²) >= 11 is 0. The van der Waals surface area contributed by atoms with Crippen LogP contribution in [0.15, 0.2) is 42.6 Å². The van der Waals surface area contributed by atoms with Crippen LogP contribution in [0.5, 0.6) is 0 Å². The van der Waals surface area contributed by atoms with E-state index in [1.54, 1.807) is 0 Å². The first-order valence-electron chi connectivity index (χ1n) is 7.26. The van der Waals surface area contributed by atoms with Crippen LogP contribution in [0, 0.1) is 0 Å². The van der Waals surface area contributed by atoms with Crippen molar-refractivity contribution in [2.45, 2.75) is 6.42 Å². The molecule has 0 saturated heterocycles. The molecule has 0 radical (unpaired) electrons. The molecule has 108 valence electrons. The van der Waals surface area contributed by atoms with Crippen LogP contribution in [0.4, 0.5) is 5.82 Å². The summed E-state index contributed by atoms with van der Waals surface area (Å²) in [6, 6.07) is 12.5. The molecule has 0 unspecified atom stereocenters. The minimum Gasteiger partial charge on any atom is -0.369 e. The Morgan fingerprint density at radius 3 is 2.48 bits per heavy atom. The van der Waals surface area contributed by atoms with Crippen LogP contribution in [0.2, 0.25) is 0 Å². The largest absolute Gasteiger partial charge is 0.369 e. The molecule has 0 aliphatic heterocycles. The second-order valence-electron chi connectivity index (χ2n) is 5.53. The van der Waals surface area contributed by atoms with E-state index in [0.29, 0.717) is 0 Å². The van der Waals surface area contributed by atoms with Gasteiger partial charge in [-0.2, -0.15) is 0 Å². The Morgan fingerprint density at radius 1 is 1.05 bits per heavy atom. The highest BCUT2D eigenvalue weighted by molar-refractivity contribution is 5.95. The predicted octanol–water partition coefficient (Wildman–Crippen LogP) is 3.15. The number of rotatable bonds is 5. The van der Waals surface area contributed by atoms with Crippen LogP contribution in [0.1, 0.15) is 6.42 Å². The number of nitrogens with one attached hydrogen (secondary N) is 1. The minimum absolute atomic E-state index is 0.844. The van der Waals surface area contributed by atoms with E-state index in [4.69, 9.17) is 0 Å². The number of anilines is 1. The van der Waals surface area contributed by atoms with E-state index in [9.17, 15) is 0 Å². The number of nitrogens with zero attached hydrogens (tertiary/aromatic N) is 3. The van der Waals surface area contributed by atoms with E-state index in [1.165, 1.54) is 10.8 Å². The van der Waals surface area contributed by atoms with E-state index in [2.05, 4.69) is 58.5 Å². The molecule has 3 rings (SSSR count). The fourth-order valence-corrected chi connectivity index (χ4v) is 2.40. The highest BCUT2D eigenvalue weighted by Gasteiger charge is 2.02. The van der Waals surface area contributed by atoms with Gasteiger partial charge in [-0.1, -0.05) is 24.3 Å². The maximum absolute atomic E-state index is 4.65. The first-order chi connectivity index (χ1) is 10.2. The lowest BCUT2D eigenvalue weighted by molar-refractivity contribution is 0.405. The summed E-state index contributed by atoms with van der Waals surface area (Å²) in [7, 11) is 4.17. The van der Waals surface area contributed by atoms with Gasteiger partial charge in [-0.15, -0.1) is 0 Å². The first kappa shape index (κ1) is 13.8. The summed E-state index contributed by atoms with van der Waals surface area (Å²) < 4.78 is 0. The predicted molar refractivity (Wildman–Crippen MR) is 88.7 cm³/mol. The van der Waals surface area contributed by atoms with Crippen molar-refractivity contribution in [1.29, 1.82) is 0 Å². The van der Waals surface area contributed by atoms with Gasteiger partial charge in [0, 0.05) is 6.54 Å². The molecule has 0 amide bonds. The fraction of sp³-hybridized carbons (Fsp3) is 0.294. The van der Waals surface area contributed by atoms with Gasteiger partial charge in [-0.05, 0) is 50.0 Å². The van der Waals surface area contributed by atoms with Crippen LogP contribution >= 0.6 is 0 Å². The molecule has 1 aromatic heterocycles. The molecule has 0 aliphatic carbocycles. The molecular formula is C17H20N4. The van der Waals surface area contributed by atoms with Crippen LogP contribution in [-0.2, 0) is 0 Å². The summed E-state index contributed by atoms with van der Waals surface area (Å²) in [5, 5.41) is 5.74. The van der Waals surface area contributed by atoms with Gasteiger partial charge in [-0.25, -0.2) is 4.98 Å². The van der Waals surface area contributed by atoms with Crippen LogP contribution in [0.3, 0.4) is 0 Å². The molecule has 0 fully saturated rings. The van der Waals surface area contributed by atoms with Gasteiger partial charge >= 0.3 is 0 Å². The standard InChI is InChI=1S/C17H20N4/c1-21(2)9-5-8-18-17-12-19-15-10-13-6-3-4-7-14(13)11-16(15)20-17/h3-4,6-7,10-12H,5,8-9H2,1-2H3,(H,18,20). The smallest absolute Gasteiger partial charge is 0.145 e. The molecule has 1 N–H and O–H groups in total. The van der Waals surface area contributed by atoms with E-state index in [0.717, 1.165) is 36.4 Å². The quantitative estimate of drug-likeness (QED) is 0.576. The third-order valence-electron chi connectivity index (χ3n) is 3.50. The highest BCUT2D eigenvalue weighted by Crippen LogP contribution is 2.20. The summed E-state index contributed by atoms with van der Waals surface area (Å²) in [5.74, 6) is 0.844. The molecule has 0 atom stereocenters. The van der Waals surface area contributed by atoms with Crippen molar-refractivity contribution in [3.8, 4) is 0 Å². The van der Waals surface area contributed by atoms with Crippen LogP contribution in [-0.4, -0.2) is 42.1 Å². The van der Waals surface area contributed by atoms with Gasteiger partial charge in [0.15, 0.2) is 0 Å². The van der Waals surface area contributed by atoms with E-state index >= 15 is 0 Å². The molecule has 2 aromatic carbocycles. The lowest BCUT2D eigenvalue weighted by Crippen LogP contribution is -2.16. The molecule has 4 heteroatoms. The van der Waals surface area contributed by atoms with Gasteiger partial charge in [0.1, 0.15) is 5.82 Å². The zero-order chi connectivity index (χ0) is 14.7. The molecule has 0 bridgehead atoms. The zero-order valence-corrected chi connectivity index (χ0v) is 12.5. The normalized spacial score (nSPS) is 11.4. The highest BCUT2D eigenvalue weighted by atomic mass is 15.1. The molecule has 1 heterocycles. The summed E-state index contributed by atoms with van der Waals surface area (Å²) in [6.45, 7) is 1.98. The Balaban J connectivity index is 1.80. The third-order valence-corrected chi connectivity index (χ3v) is 3.50. The second kappa shape index (κ2) is 6.06. The number of hydrogen-bond acceptors (Lipinski definition) is 4. The van der Waals surface area contributed by atoms with Gasteiger partial charge in [0.25, 0.3) is 0 Å². The number of aromatic nitrogens is 2. The van der Waals surface area contributed by atoms with Gasteiger partial charge in [-0.3, -0.25) is 4.98 Å². The number of fused-ring (bicyclic) bond motifs is 2. The summed E-state index contributed by atoms with van der Waals surface area (Å²) in [4.78, 5) is 11.3. The SMILES string of the molecule is CN(C)CCCNc1cnc2cc3ccccc3cc2n1. The zero-order valence-electron chi connectivity index (χ0n) is 12.5. The van der Waals surface area contributed by atoms with Crippen molar-refractivity contribution >= 4 is 27.6 Å². The number of hydrogen-bond donors (Lipinski definition) is 1. The Hall–Kier alpha value is -2.20. The van der Waals surface area contributed by atoms with Gasteiger partial charge < -0.3 is 10.2 Å². The Labute approximate surface area is 124 Å². The molecule has 4 nitrogen and oxygen atoms in total. The van der Waals surface area contributed by atoms with Gasteiger partial charge in [0.05, 0.1) is 17.2 Å². The average Bonchev–Trinajstić information content (AvgIpc) is 2.49. The Kier molecular flexibility index (Phi) is 3.97. The van der Waals surface area contributed by atoms with Crippen molar-refractivity contribution in [2.75, 3.05) is 32.5 Å². The monoisotopic (exact) mass is 280 g/mol. The van der Waals surface area contributed by atoms with Crippen molar-refractivity contribution in [3.63, 3.8) is 0 Å². The van der Waals surface area contributed by atoms with Crippen LogP contribution < -0.4 is 5.32 Å². The first-order valence-corrected chi connectivity index (χ1v) is 7.26. The summed E-state index contributed by atoms with van der Waals surface area (Å²) in [5.41, 5.74) is 1.87. The van der Waals surface area contributed by atoms with E-state index in [-0.39, 0.29) is 0 Å². The molecule has 3 aromatic rings. The van der Waals surface area contributed by atoms with E-state index < -0.39 is 0 Å². The maximum atomic E-state index is 4.65. The van der Waals surface area contributed by atoms with E-state index in [1.807, 2.05) is 18.3 Å². The Bertz CT molecular complexity index is 752. The maximum Gasteiger partial charge on any atom is 0.145 e. The lowest BCUT2D eigenvalue weighted by atomic mass is 10.1. The lowest BCUT2D eigenvalue weighted by Gasteiger charge is -2.10. The molecule has 21 heavy (non-hydrogen) atoms. The molecule has 0 spiro atoms. The molecule has 0 aliphatic rings. The minimum atomic E-state index is 0.844. The fourth-order valence-electron chi connectivity index (χ4n) is 2.40. The van der Waals surface area contributed by atoms with Crippen molar-refractivity contribution in [3.05, 3.63) is 42.6 Å². The van der Waals surface area contributed by atoms with Crippen molar-refractivity contribution in [1.82, 2.24) is 14.9 Å². The third kappa shape index (κ3) is 3.28. The van der Waals surface area contributed by atoms with Crippen LogP contribution in [0.25, 0.3) is 21.8 Å². The van der Waals surface area contributed by atoms with Crippen molar-refractivity contribution in [2.24, 2.45) is 0 Å². The topological polar surface area (TPSA) is 41.0 Å². The second-order valence-corrected chi connectivity index (χ2v) is 5.53.